The minimum atomic E-state index is -1.53. The van der Waals surface area contributed by atoms with Crippen LogP contribution >= 0.6 is 0 Å². The highest BCUT2D eigenvalue weighted by Gasteiger charge is 2.25. The van der Waals surface area contributed by atoms with Crippen molar-refractivity contribution in [2.45, 2.75) is 257 Å². The third-order valence-electron chi connectivity index (χ3n) is 13.8. The molecular formula is C76H124NO8+. The summed E-state index contributed by atoms with van der Waals surface area (Å²) in [5.74, 6) is -2.06. The average molecular weight is 1180 g/mol. The molecule has 0 radical (unpaired) electrons. The van der Waals surface area contributed by atoms with E-state index < -0.39 is 24.3 Å². The smallest absolute Gasteiger partial charge is 0.361 e. The maximum Gasteiger partial charge on any atom is 0.361 e. The molecule has 0 aromatic heterocycles. The number of esters is 2. The van der Waals surface area contributed by atoms with E-state index in [9.17, 15) is 19.5 Å². The van der Waals surface area contributed by atoms with Gasteiger partial charge in [0.15, 0.2) is 6.10 Å². The van der Waals surface area contributed by atoms with Crippen LogP contribution in [0.2, 0.25) is 0 Å². The number of aliphatic carboxylic acids is 1. The van der Waals surface area contributed by atoms with Crippen LogP contribution in [0.3, 0.4) is 0 Å². The molecule has 0 aromatic carbocycles. The summed E-state index contributed by atoms with van der Waals surface area (Å²) in [4.78, 5) is 37.5. The molecule has 0 heterocycles. The molecule has 2 atom stereocenters. The first-order valence-electron chi connectivity index (χ1n) is 33.6. The molecule has 0 bridgehead atoms. The Balaban J connectivity index is 4.12. The highest BCUT2D eigenvalue weighted by molar-refractivity contribution is 5.71. The summed E-state index contributed by atoms with van der Waals surface area (Å²) in [5, 5.41) is 9.73. The van der Waals surface area contributed by atoms with Crippen LogP contribution in [0.5, 0.6) is 0 Å². The lowest BCUT2D eigenvalue weighted by atomic mass is 10.0. The van der Waals surface area contributed by atoms with E-state index in [4.69, 9.17) is 18.9 Å². The molecule has 9 nitrogen and oxygen atoms in total. The van der Waals surface area contributed by atoms with E-state index in [0.29, 0.717) is 23.9 Å². The zero-order chi connectivity index (χ0) is 61.9. The summed E-state index contributed by atoms with van der Waals surface area (Å²) in [6, 6.07) is 0. The van der Waals surface area contributed by atoms with Gasteiger partial charge >= 0.3 is 17.9 Å². The van der Waals surface area contributed by atoms with E-state index in [-0.39, 0.29) is 38.6 Å². The Morgan fingerprint density at radius 1 is 0.353 bits per heavy atom. The summed E-state index contributed by atoms with van der Waals surface area (Å²) in [6.45, 7) is 4.60. The first-order chi connectivity index (χ1) is 41.6. The van der Waals surface area contributed by atoms with Crippen LogP contribution in [0.25, 0.3) is 0 Å². The fourth-order valence-corrected chi connectivity index (χ4v) is 8.70. The molecule has 0 aliphatic heterocycles. The van der Waals surface area contributed by atoms with Crippen molar-refractivity contribution >= 4 is 17.9 Å². The Morgan fingerprint density at radius 2 is 0.635 bits per heavy atom. The van der Waals surface area contributed by atoms with Crippen LogP contribution in [0.4, 0.5) is 0 Å². The van der Waals surface area contributed by atoms with Crippen LogP contribution < -0.4 is 0 Å². The number of carbonyl (C=O) groups is 3. The van der Waals surface area contributed by atoms with Crippen molar-refractivity contribution in [3.8, 4) is 0 Å². The van der Waals surface area contributed by atoms with Crippen molar-refractivity contribution in [3.05, 3.63) is 158 Å². The molecule has 2 unspecified atom stereocenters. The maximum atomic E-state index is 12.9. The molecule has 0 saturated heterocycles. The topological polar surface area (TPSA) is 108 Å². The molecule has 0 aliphatic carbocycles. The van der Waals surface area contributed by atoms with Gasteiger partial charge in [0.2, 0.25) is 0 Å². The van der Waals surface area contributed by atoms with Gasteiger partial charge in [0.25, 0.3) is 6.29 Å². The number of nitrogens with zero attached hydrogens (tertiary/aromatic N) is 1. The molecular weight excluding hydrogens is 1050 g/mol. The lowest BCUT2D eigenvalue weighted by molar-refractivity contribution is -0.870. The second kappa shape index (κ2) is 64.9. The molecule has 0 rings (SSSR count). The fraction of sp³-hybridized carbons (Fsp3) is 0.618. The van der Waals surface area contributed by atoms with Gasteiger partial charge < -0.3 is 28.5 Å². The average Bonchev–Trinajstić information content (AvgIpc) is 3.49. The van der Waals surface area contributed by atoms with Gasteiger partial charge in [-0.3, -0.25) is 9.59 Å². The largest absolute Gasteiger partial charge is 0.477 e. The van der Waals surface area contributed by atoms with Crippen LogP contribution in [0, 0.1) is 0 Å². The fourth-order valence-electron chi connectivity index (χ4n) is 8.70. The number of ether oxygens (including phenoxy) is 4. The molecule has 0 fully saturated rings. The predicted octanol–water partition coefficient (Wildman–Crippen LogP) is 20.9. The van der Waals surface area contributed by atoms with E-state index in [0.717, 1.165) is 122 Å². The van der Waals surface area contributed by atoms with Crippen molar-refractivity contribution in [2.75, 3.05) is 47.5 Å². The van der Waals surface area contributed by atoms with Crippen molar-refractivity contribution in [2.24, 2.45) is 0 Å². The van der Waals surface area contributed by atoms with Crippen LogP contribution in [0.15, 0.2) is 158 Å². The van der Waals surface area contributed by atoms with E-state index in [1.807, 2.05) is 21.1 Å². The van der Waals surface area contributed by atoms with Gasteiger partial charge in [0.05, 0.1) is 34.4 Å². The Labute approximate surface area is 521 Å². The Bertz CT molecular complexity index is 1950. The lowest BCUT2D eigenvalue weighted by Crippen LogP contribution is -2.40. The zero-order valence-corrected chi connectivity index (χ0v) is 54.7. The highest BCUT2D eigenvalue weighted by atomic mass is 16.7. The van der Waals surface area contributed by atoms with Gasteiger partial charge in [0.1, 0.15) is 13.2 Å². The first-order valence-corrected chi connectivity index (χ1v) is 33.6. The lowest BCUT2D eigenvalue weighted by Gasteiger charge is -2.25. The summed E-state index contributed by atoms with van der Waals surface area (Å²) in [5.41, 5.74) is 0. The predicted molar refractivity (Wildman–Crippen MR) is 363 cm³/mol. The third-order valence-corrected chi connectivity index (χ3v) is 13.8. The minimum Gasteiger partial charge on any atom is -0.477 e. The normalized spacial score (nSPS) is 13.8. The van der Waals surface area contributed by atoms with Crippen molar-refractivity contribution < 1.29 is 42.9 Å². The number of hydrogen-bond donors (Lipinski definition) is 1. The molecule has 0 saturated carbocycles. The standard InChI is InChI=1S/C76H123NO8/c1-6-8-10-12-14-16-18-20-22-24-26-27-28-29-30-31-32-33-34-35-36-37-38-39-40-41-42-43-44-45-46-47-49-51-53-55-57-59-61-63-65-67-74(79)85-72(71-84-76(75(80)81)82-69-68-77(3,4)5)70-83-73(78)66-64-62-60-58-56-54-52-50-48-25-23-21-19-17-15-13-11-9-7-2/h8-11,14-17,20-23,26-27,29-30,32-33,35-36,38-39,48,50,54,56,72,76H,6-7,12-13,18-19,24-25,28,31,34,37,40-47,49,51-53,55,57-71H2,1-5H3/p+1/b10-8-,11-9-,16-14-,17-15-,22-20-,23-21-,27-26-,30-29-,33-32-,36-35-,39-38-,50-48-,56-54-. The van der Waals surface area contributed by atoms with Gasteiger partial charge in [-0.1, -0.05) is 268 Å². The van der Waals surface area contributed by atoms with E-state index in [2.05, 4.69) is 172 Å². The number of carboxylic acid groups (broad SMARTS) is 1. The molecule has 0 aromatic rings. The van der Waals surface area contributed by atoms with Crippen molar-refractivity contribution in [1.29, 1.82) is 0 Å². The number of carboxylic acids is 1. The highest BCUT2D eigenvalue weighted by Crippen LogP contribution is 2.16. The van der Waals surface area contributed by atoms with Gasteiger partial charge in [-0.25, -0.2) is 4.79 Å². The second-order valence-electron chi connectivity index (χ2n) is 23.0. The number of quaternary nitrogens is 1. The molecule has 1 N–H and O–H groups in total. The van der Waals surface area contributed by atoms with E-state index >= 15 is 0 Å². The summed E-state index contributed by atoms with van der Waals surface area (Å²) in [6.07, 6.45) is 93.5. The van der Waals surface area contributed by atoms with Gasteiger partial charge in [-0.05, 0) is 122 Å². The number of likely N-dealkylation sites (N-methyl/N-ethyl adjacent to an activating group) is 1. The first kappa shape index (κ1) is 79.9. The molecule has 0 aliphatic rings. The van der Waals surface area contributed by atoms with Crippen molar-refractivity contribution in [1.82, 2.24) is 0 Å². The monoisotopic (exact) mass is 1180 g/mol. The van der Waals surface area contributed by atoms with Gasteiger partial charge in [0, 0.05) is 12.8 Å². The van der Waals surface area contributed by atoms with Crippen molar-refractivity contribution in [3.63, 3.8) is 0 Å². The molecule has 85 heavy (non-hydrogen) atoms. The Morgan fingerprint density at radius 3 is 0.953 bits per heavy atom. The minimum absolute atomic E-state index is 0.175. The van der Waals surface area contributed by atoms with E-state index in [1.165, 1.54) is 83.5 Å². The number of unbranched alkanes of at least 4 members (excludes halogenated alkanes) is 19. The Kier molecular flexibility index (Phi) is 61.0. The number of hydrogen-bond acceptors (Lipinski definition) is 7. The maximum absolute atomic E-state index is 12.9. The van der Waals surface area contributed by atoms with Crippen LogP contribution in [-0.2, 0) is 33.3 Å². The van der Waals surface area contributed by atoms with Crippen LogP contribution in [0.1, 0.15) is 245 Å². The SMILES string of the molecule is CC/C=C\C/C=C\C/C=C\C/C=C\C/C=C\C/C=C\C/C=C\C/C=C\CCCCCCCCCCCCCCCCCCC(=O)OC(COC(=O)CCCCC/C=C\C/C=C\C/C=C\C/C=C\C/C=C\CC)COC(OCC[N+](C)(C)C)C(=O)O. The summed E-state index contributed by atoms with van der Waals surface area (Å²) in [7, 11) is 5.95. The molecule has 0 amide bonds. The third kappa shape index (κ3) is 66.3. The van der Waals surface area contributed by atoms with Crippen LogP contribution in [-0.4, -0.2) is 87.4 Å². The number of allylic oxidation sites excluding steroid dienone is 26. The number of rotatable bonds is 60. The quantitative estimate of drug-likeness (QED) is 0.0211. The Hall–Kier alpha value is -5.09. The molecule has 480 valence electrons. The number of carbonyl (C=O) groups excluding carboxylic acids is 2. The zero-order valence-electron chi connectivity index (χ0n) is 54.7. The second-order valence-corrected chi connectivity index (χ2v) is 23.0. The summed E-state index contributed by atoms with van der Waals surface area (Å²) >= 11 is 0. The van der Waals surface area contributed by atoms with Gasteiger partial charge in [-0.2, -0.15) is 0 Å². The van der Waals surface area contributed by atoms with E-state index in [1.54, 1.807) is 0 Å². The summed E-state index contributed by atoms with van der Waals surface area (Å²) < 4.78 is 22.9. The molecule has 0 spiro atoms. The van der Waals surface area contributed by atoms with Gasteiger partial charge in [-0.15, -0.1) is 0 Å². The molecule has 9 heteroatoms.